The zero-order valence-electron chi connectivity index (χ0n) is 12.2. The number of hydrogen-bond donors (Lipinski definition) is 1. The lowest BCUT2D eigenvalue weighted by Gasteiger charge is -2.09. The minimum Gasteiger partial charge on any atom is -0.322 e. The van der Waals surface area contributed by atoms with E-state index in [1.54, 1.807) is 18.2 Å². The van der Waals surface area contributed by atoms with Gasteiger partial charge in [0.05, 0.1) is 4.90 Å². The molecule has 0 radical (unpaired) electrons. The summed E-state index contributed by atoms with van der Waals surface area (Å²) in [5.41, 5.74) is 3.17. The van der Waals surface area contributed by atoms with Gasteiger partial charge in [-0.25, -0.2) is 8.42 Å². The molecule has 0 aliphatic rings. The molecular weight excluding hydrogens is 286 g/mol. The zero-order valence-corrected chi connectivity index (χ0v) is 13.0. The fourth-order valence-electron chi connectivity index (χ4n) is 2.05. The Balaban J connectivity index is 2.20. The average molecular weight is 303 g/mol. The van der Waals surface area contributed by atoms with Gasteiger partial charge in [-0.05, 0) is 49.7 Å². The maximum Gasteiger partial charge on any atom is 0.255 e. The lowest BCUT2D eigenvalue weighted by atomic mass is 10.1. The molecular formula is C16H17NO3S. The third-order valence-corrected chi connectivity index (χ3v) is 4.30. The maximum atomic E-state index is 12.2. The first-order chi connectivity index (χ1) is 9.77. The molecule has 0 saturated carbocycles. The van der Waals surface area contributed by atoms with Gasteiger partial charge < -0.3 is 5.32 Å². The van der Waals surface area contributed by atoms with Gasteiger partial charge in [-0.15, -0.1) is 0 Å². The molecule has 0 spiro atoms. The second-order valence-electron chi connectivity index (χ2n) is 5.07. The topological polar surface area (TPSA) is 63.2 Å². The van der Waals surface area contributed by atoms with Crippen molar-refractivity contribution in [3.63, 3.8) is 0 Å². The van der Waals surface area contributed by atoms with Crippen LogP contribution in [0.5, 0.6) is 0 Å². The molecule has 0 fully saturated rings. The number of rotatable bonds is 3. The van der Waals surface area contributed by atoms with Gasteiger partial charge in [0.15, 0.2) is 9.84 Å². The van der Waals surface area contributed by atoms with Crippen LogP contribution in [0.25, 0.3) is 0 Å². The van der Waals surface area contributed by atoms with Crippen molar-refractivity contribution in [3.8, 4) is 0 Å². The van der Waals surface area contributed by atoms with Crippen molar-refractivity contribution in [2.24, 2.45) is 0 Å². The molecule has 0 aliphatic heterocycles. The van der Waals surface area contributed by atoms with E-state index in [0.29, 0.717) is 11.3 Å². The van der Waals surface area contributed by atoms with Crippen molar-refractivity contribution < 1.29 is 13.2 Å². The summed E-state index contributed by atoms with van der Waals surface area (Å²) in [6.45, 7) is 3.85. The summed E-state index contributed by atoms with van der Waals surface area (Å²) < 4.78 is 22.8. The molecule has 2 aromatic rings. The second-order valence-corrected chi connectivity index (χ2v) is 7.08. The number of sulfone groups is 1. The number of benzene rings is 2. The minimum atomic E-state index is -3.22. The van der Waals surface area contributed by atoms with Crippen LogP contribution in [-0.4, -0.2) is 20.6 Å². The van der Waals surface area contributed by atoms with Gasteiger partial charge in [0.2, 0.25) is 0 Å². The number of carbonyl (C=O) groups excluding carboxylic acids is 1. The Hall–Kier alpha value is -2.14. The molecule has 0 saturated heterocycles. The normalized spacial score (nSPS) is 11.2. The van der Waals surface area contributed by atoms with Gasteiger partial charge in [0.25, 0.3) is 5.91 Å². The average Bonchev–Trinajstić information content (AvgIpc) is 2.38. The van der Waals surface area contributed by atoms with Crippen molar-refractivity contribution in [1.29, 1.82) is 0 Å². The number of carbonyl (C=O) groups is 1. The van der Waals surface area contributed by atoms with Crippen LogP contribution in [0.3, 0.4) is 0 Å². The fourth-order valence-corrected chi connectivity index (χ4v) is 2.68. The Morgan fingerprint density at radius 3 is 2.14 bits per heavy atom. The number of anilines is 1. The smallest absolute Gasteiger partial charge is 0.255 e. The van der Waals surface area contributed by atoms with Gasteiger partial charge >= 0.3 is 0 Å². The molecule has 21 heavy (non-hydrogen) atoms. The highest BCUT2D eigenvalue weighted by atomic mass is 32.2. The van der Waals surface area contributed by atoms with Crippen molar-refractivity contribution in [1.82, 2.24) is 0 Å². The van der Waals surface area contributed by atoms with E-state index >= 15 is 0 Å². The summed E-state index contributed by atoms with van der Waals surface area (Å²) in [7, 11) is -3.22. The minimum absolute atomic E-state index is 0.209. The monoisotopic (exact) mass is 303 g/mol. The first-order valence-electron chi connectivity index (χ1n) is 6.46. The van der Waals surface area contributed by atoms with Crippen LogP contribution in [0.2, 0.25) is 0 Å². The van der Waals surface area contributed by atoms with Crippen LogP contribution in [0.1, 0.15) is 21.5 Å². The van der Waals surface area contributed by atoms with E-state index in [4.69, 9.17) is 0 Å². The Labute approximate surface area is 124 Å². The molecule has 0 aromatic heterocycles. The third kappa shape index (κ3) is 3.70. The molecule has 0 unspecified atom stereocenters. The Morgan fingerprint density at radius 1 is 1.00 bits per heavy atom. The van der Waals surface area contributed by atoms with Gasteiger partial charge in [0.1, 0.15) is 0 Å². The van der Waals surface area contributed by atoms with Crippen molar-refractivity contribution in [2.45, 2.75) is 18.7 Å². The zero-order chi connectivity index (χ0) is 15.6. The van der Waals surface area contributed by atoms with E-state index in [1.807, 2.05) is 26.0 Å². The number of hydrogen-bond acceptors (Lipinski definition) is 3. The predicted molar refractivity (Wildman–Crippen MR) is 83.4 cm³/mol. The van der Waals surface area contributed by atoms with Crippen LogP contribution in [-0.2, 0) is 9.84 Å². The summed E-state index contributed by atoms with van der Waals surface area (Å²) in [5, 5.41) is 2.76. The molecule has 2 rings (SSSR count). The molecule has 4 nitrogen and oxygen atoms in total. The first-order valence-corrected chi connectivity index (χ1v) is 8.35. The van der Waals surface area contributed by atoms with E-state index in [2.05, 4.69) is 5.32 Å². The summed E-state index contributed by atoms with van der Waals surface area (Å²) in [4.78, 5) is 12.4. The van der Waals surface area contributed by atoms with Crippen LogP contribution < -0.4 is 5.32 Å². The maximum absolute atomic E-state index is 12.2. The predicted octanol–water partition coefficient (Wildman–Crippen LogP) is 2.96. The quantitative estimate of drug-likeness (QED) is 0.948. The summed E-state index contributed by atoms with van der Waals surface area (Å²) in [6.07, 6.45) is 1.15. The highest BCUT2D eigenvalue weighted by Crippen LogP contribution is 2.16. The second kappa shape index (κ2) is 5.69. The van der Waals surface area contributed by atoms with E-state index in [9.17, 15) is 13.2 Å². The number of aryl methyl sites for hydroxylation is 2. The van der Waals surface area contributed by atoms with Gasteiger partial charge in [-0.3, -0.25) is 4.79 Å². The van der Waals surface area contributed by atoms with E-state index in [0.717, 1.165) is 17.4 Å². The molecule has 0 heterocycles. The molecule has 1 amide bonds. The van der Waals surface area contributed by atoms with Crippen molar-refractivity contribution in [3.05, 3.63) is 59.2 Å². The van der Waals surface area contributed by atoms with Crippen LogP contribution in [0, 0.1) is 13.8 Å². The Morgan fingerprint density at radius 2 is 1.62 bits per heavy atom. The fraction of sp³-hybridized carbons (Fsp3) is 0.188. The van der Waals surface area contributed by atoms with Gasteiger partial charge in [-0.1, -0.05) is 17.7 Å². The number of amides is 1. The van der Waals surface area contributed by atoms with Crippen molar-refractivity contribution in [2.75, 3.05) is 11.6 Å². The Bertz CT molecular complexity index is 778. The SMILES string of the molecule is Cc1ccc(C(=O)Nc2ccc(S(C)(=O)=O)cc2)c(C)c1. The third-order valence-electron chi connectivity index (χ3n) is 3.17. The molecule has 1 N–H and O–H groups in total. The molecule has 0 aliphatic carbocycles. The molecule has 2 aromatic carbocycles. The standard InChI is InChI=1S/C16H17NO3S/c1-11-4-9-15(12(2)10-11)16(18)17-13-5-7-14(8-6-13)21(3,19)20/h4-10H,1-3H3,(H,17,18). The highest BCUT2D eigenvalue weighted by molar-refractivity contribution is 7.90. The Kier molecular flexibility index (Phi) is 4.14. The lowest BCUT2D eigenvalue weighted by Crippen LogP contribution is -2.13. The van der Waals surface area contributed by atoms with Crippen LogP contribution in [0.15, 0.2) is 47.4 Å². The molecule has 0 bridgehead atoms. The summed E-state index contributed by atoms with van der Waals surface area (Å²) >= 11 is 0. The van der Waals surface area contributed by atoms with E-state index in [1.165, 1.54) is 12.1 Å². The molecule has 0 atom stereocenters. The largest absolute Gasteiger partial charge is 0.322 e. The van der Waals surface area contributed by atoms with E-state index < -0.39 is 9.84 Å². The van der Waals surface area contributed by atoms with Crippen LogP contribution >= 0.6 is 0 Å². The lowest BCUT2D eigenvalue weighted by molar-refractivity contribution is 0.102. The summed E-state index contributed by atoms with van der Waals surface area (Å²) in [6, 6.07) is 11.7. The first kappa shape index (κ1) is 15.3. The van der Waals surface area contributed by atoms with Crippen LogP contribution in [0.4, 0.5) is 5.69 Å². The van der Waals surface area contributed by atoms with Gasteiger partial charge in [0, 0.05) is 17.5 Å². The van der Waals surface area contributed by atoms with Gasteiger partial charge in [-0.2, -0.15) is 0 Å². The molecule has 5 heteroatoms. The summed E-state index contributed by atoms with van der Waals surface area (Å²) in [5.74, 6) is -0.209. The van der Waals surface area contributed by atoms with Crippen molar-refractivity contribution >= 4 is 21.4 Å². The molecule has 110 valence electrons. The highest BCUT2D eigenvalue weighted by Gasteiger charge is 2.10. The van der Waals surface area contributed by atoms with E-state index in [-0.39, 0.29) is 10.8 Å². The number of nitrogens with one attached hydrogen (secondary N) is 1.